The van der Waals surface area contributed by atoms with Crippen LogP contribution in [-0.4, -0.2) is 0 Å². The maximum absolute atomic E-state index is 14.7. The van der Waals surface area contributed by atoms with E-state index in [1.165, 1.54) is 12.1 Å². The first kappa shape index (κ1) is 19.9. The quantitative estimate of drug-likeness (QED) is 0.207. The van der Waals surface area contributed by atoms with Crippen molar-refractivity contribution in [1.29, 1.82) is 0 Å². The highest BCUT2D eigenvalue weighted by Gasteiger charge is 2.24. The third kappa shape index (κ3) is 3.80. The van der Waals surface area contributed by atoms with Crippen LogP contribution in [0.4, 0.5) is 30.2 Å². The molecule has 0 fully saturated rings. The van der Waals surface area contributed by atoms with Gasteiger partial charge in [-0.3, -0.25) is 0 Å². The van der Waals surface area contributed by atoms with Crippen molar-refractivity contribution < 1.29 is 24.4 Å². The Kier molecular flexibility index (Phi) is 4.50. The van der Waals surface area contributed by atoms with Crippen LogP contribution >= 0.6 is 11.3 Å². The molecule has 6 aromatic carbocycles. The van der Waals surface area contributed by atoms with Crippen LogP contribution in [0.3, 0.4) is 0 Å². The fourth-order valence-electron chi connectivity index (χ4n) is 5.56. The van der Waals surface area contributed by atoms with Crippen molar-refractivity contribution in [2.45, 2.75) is 0 Å². The van der Waals surface area contributed by atoms with Crippen LogP contribution in [0.1, 0.15) is 6.85 Å². The zero-order valence-electron chi connectivity index (χ0n) is 26.6. The van der Waals surface area contributed by atoms with E-state index in [4.69, 9.17) is 11.3 Å². The molecule has 0 saturated heterocycles. The van der Waals surface area contributed by atoms with Crippen molar-refractivity contribution >= 4 is 70.5 Å². The summed E-state index contributed by atoms with van der Waals surface area (Å²) < 4.78 is 94.6. The van der Waals surface area contributed by atoms with Gasteiger partial charge in [-0.2, -0.15) is 0 Å². The standard InChI is InChI=1S/C36H20F3NOS/c37-22-18-28(38)33(29(39)19-22)21-14-16-24(17-15-21)40(23-8-2-1-3-9-23)30-20-27-25-10-5-7-13-32(25)42-36(27)35-34(30)26-11-4-6-12-31(26)41-35/h1-20H/i1D,2D,3D,8D,9D. The number of halogens is 3. The van der Waals surface area contributed by atoms with E-state index in [1.807, 2.05) is 54.6 Å². The highest BCUT2D eigenvalue weighted by atomic mass is 32.1. The van der Waals surface area contributed by atoms with Crippen molar-refractivity contribution in [2.24, 2.45) is 0 Å². The van der Waals surface area contributed by atoms with Crippen molar-refractivity contribution in [1.82, 2.24) is 0 Å². The second kappa shape index (κ2) is 9.50. The molecule has 0 atom stereocenters. The molecule has 0 radical (unpaired) electrons. The van der Waals surface area contributed by atoms with E-state index in [2.05, 4.69) is 0 Å². The van der Waals surface area contributed by atoms with Gasteiger partial charge in [-0.25, -0.2) is 13.2 Å². The second-order valence-electron chi connectivity index (χ2n) is 9.77. The van der Waals surface area contributed by atoms with Crippen LogP contribution in [0.15, 0.2) is 126 Å². The minimum atomic E-state index is -1.07. The molecule has 8 rings (SSSR count). The molecule has 0 aliphatic heterocycles. The van der Waals surface area contributed by atoms with Crippen LogP contribution in [0.2, 0.25) is 0 Å². The van der Waals surface area contributed by atoms with E-state index in [-0.39, 0.29) is 11.3 Å². The smallest absolute Gasteiger partial charge is 0.155 e. The fourth-order valence-corrected chi connectivity index (χ4v) is 6.73. The summed E-state index contributed by atoms with van der Waals surface area (Å²) in [5.41, 5.74) is 1.60. The van der Waals surface area contributed by atoms with E-state index >= 15 is 0 Å². The van der Waals surface area contributed by atoms with Crippen LogP contribution in [0.25, 0.3) is 53.2 Å². The van der Waals surface area contributed by atoms with Gasteiger partial charge in [0.15, 0.2) is 5.58 Å². The van der Waals surface area contributed by atoms with Crippen molar-refractivity contribution in [3.63, 3.8) is 0 Å². The summed E-state index contributed by atoms with van der Waals surface area (Å²) in [7, 11) is 0. The van der Waals surface area contributed by atoms with Gasteiger partial charge < -0.3 is 9.32 Å². The molecular weight excluding hydrogens is 551 g/mol. The van der Waals surface area contributed by atoms with Crippen molar-refractivity contribution in [3.05, 3.63) is 139 Å². The lowest BCUT2D eigenvalue weighted by molar-refractivity contribution is 0.548. The summed E-state index contributed by atoms with van der Waals surface area (Å²) in [6.07, 6.45) is 0. The van der Waals surface area contributed by atoms with E-state index in [0.29, 0.717) is 40.1 Å². The molecule has 0 bridgehead atoms. The molecule has 0 saturated carbocycles. The highest BCUT2D eigenvalue weighted by Crippen LogP contribution is 2.49. The molecule has 2 aromatic heterocycles. The van der Waals surface area contributed by atoms with Gasteiger partial charge in [0.1, 0.15) is 23.0 Å². The van der Waals surface area contributed by atoms with Gasteiger partial charge in [-0.05, 0) is 48.0 Å². The molecule has 8 aromatic rings. The molecular formula is C36H20F3NOS. The molecule has 202 valence electrons. The maximum atomic E-state index is 14.7. The lowest BCUT2D eigenvalue weighted by atomic mass is 10.0. The van der Waals surface area contributed by atoms with Gasteiger partial charge >= 0.3 is 0 Å². The summed E-state index contributed by atoms with van der Waals surface area (Å²) in [4.78, 5) is 1.57. The number of para-hydroxylation sites is 2. The Morgan fingerprint density at radius 3 is 2.14 bits per heavy atom. The average molecular weight is 577 g/mol. The lowest BCUT2D eigenvalue weighted by Crippen LogP contribution is -2.10. The lowest BCUT2D eigenvalue weighted by Gasteiger charge is -2.26. The summed E-state index contributed by atoms with van der Waals surface area (Å²) in [6.45, 7) is 0. The molecule has 0 spiro atoms. The Hall–Kier alpha value is -5.07. The number of nitrogens with zero attached hydrogens (tertiary/aromatic N) is 1. The Morgan fingerprint density at radius 2 is 1.38 bits per heavy atom. The normalized spacial score (nSPS) is 13.4. The number of fused-ring (bicyclic) bond motifs is 7. The molecule has 0 aliphatic rings. The number of furan rings is 1. The van der Waals surface area contributed by atoms with Crippen LogP contribution < -0.4 is 4.90 Å². The van der Waals surface area contributed by atoms with E-state index in [1.54, 1.807) is 28.4 Å². The molecule has 2 nitrogen and oxygen atoms in total. The zero-order chi connectivity index (χ0) is 32.7. The van der Waals surface area contributed by atoms with Crippen molar-refractivity contribution in [2.75, 3.05) is 4.90 Å². The fraction of sp³-hybridized carbons (Fsp3) is 0. The van der Waals surface area contributed by atoms with Gasteiger partial charge in [0.25, 0.3) is 0 Å². The van der Waals surface area contributed by atoms with Gasteiger partial charge in [-0.15, -0.1) is 11.3 Å². The van der Waals surface area contributed by atoms with Gasteiger partial charge in [0, 0.05) is 44.4 Å². The first-order chi connectivity index (χ1) is 22.6. The molecule has 6 heteroatoms. The predicted molar refractivity (Wildman–Crippen MR) is 167 cm³/mol. The van der Waals surface area contributed by atoms with E-state index in [9.17, 15) is 13.2 Å². The van der Waals surface area contributed by atoms with Gasteiger partial charge in [0.05, 0.1) is 28.2 Å². The minimum absolute atomic E-state index is 0.117. The Bertz CT molecular complexity index is 2530. The zero-order valence-corrected chi connectivity index (χ0v) is 22.4. The average Bonchev–Trinajstić information content (AvgIpc) is 3.64. The molecule has 42 heavy (non-hydrogen) atoms. The number of hydrogen-bond acceptors (Lipinski definition) is 3. The van der Waals surface area contributed by atoms with Crippen LogP contribution in [0.5, 0.6) is 0 Å². The first-order valence-electron chi connectivity index (χ1n) is 15.5. The molecule has 2 heterocycles. The third-order valence-corrected chi connectivity index (χ3v) is 8.53. The first-order valence-corrected chi connectivity index (χ1v) is 13.8. The van der Waals surface area contributed by atoms with Gasteiger partial charge in [0.2, 0.25) is 0 Å². The SMILES string of the molecule is [2H]c1c([2H])c([2H])c(N(c2ccc(-c3c(F)cc(F)cc3F)cc2)c2cc3c4ccccc4sc3c3oc4ccccc4c23)c([2H])c1[2H]. The monoisotopic (exact) mass is 576 g/mol. The molecule has 0 aliphatic carbocycles. The van der Waals surface area contributed by atoms with E-state index < -0.39 is 53.2 Å². The summed E-state index contributed by atoms with van der Waals surface area (Å²) in [6, 6.07) is 22.0. The predicted octanol–water partition coefficient (Wildman–Crippen LogP) is 11.5. The maximum Gasteiger partial charge on any atom is 0.155 e. The highest BCUT2D eigenvalue weighted by molar-refractivity contribution is 7.26. The largest absolute Gasteiger partial charge is 0.454 e. The summed E-state index contributed by atoms with van der Waals surface area (Å²) in [5, 5.41) is 3.21. The second-order valence-corrected chi connectivity index (χ2v) is 10.8. The molecule has 0 amide bonds. The Balaban J connectivity index is 1.49. The van der Waals surface area contributed by atoms with Crippen LogP contribution in [0, 0.1) is 17.5 Å². The van der Waals surface area contributed by atoms with E-state index in [0.717, 1.165) is 25.6 Å². The summed E-state index contributed by atoms with van der Waals surface area (Å²) in [5.74, 6) is -3.18. The number of rotatable bonds is 4. The number of hydrogen-bond donors (Lipinski definition) is 0. The van der Waals surface area contributed by atoms with Gasteiger partial charge in [-0.1, -0.05) is 66.7 Å². The number of benzene rings is 6. The molecule has 0 N–H and O–H groups in total. The number of anilines is 3. The minimum Gasteiger partial charge on any atom is -0.454 e. The number of thiophene rings is 1. The third-order valence-electron chi connectivity index (χ3n) is 7.35. The Labute approximate surface area is 249 Å². The molecule has 0 unspecified atom stereocenters. The summed E-state index contributed by atoms with van der Waals surface area (Å²) >= 11 is 1.57. The van der Waals surface area contributed by atoms with Crippen LogP contribution in [-0.2, 0) is 0 Å². The van der Waals surface area contributed by atoms with Crippen molar-refractivity contribution in [3.8, 4) is 11.1 Å². The Morgan fingerprint density at radius 1 is 0.690 bits per heavy atom. The topological polar surface area (TPSA) is 16.4 Å².